The molecule has 0 amide bonds. The van der Waals surface area contributed by atoms with Crippen LogP contribution < -0.4 is 10.6 Å². The molecule has 6 nitrogen and oxygen atoms in total. The summed E-state index contributed by atoms with van der Waals surface area (Å²) in [6, 6.07) is -0.00768. The van der Waals surface area contributed by atoms with E-state index in [2.05, 4.69) is 34.5 Å². The predicted octanol–water partition coefficient (Wildman–Crippen LogP) is -0.320. The maximum Gasteiger partial charge on any atom is 0.191 e. The van der Waals surface area contributed by atoms with Gasteiger partial charge in [-0.1, -0.05) is 6.92 Å². The lowest BCUT2D eigenvalue weighted by Gasteiger charge is -2.17. The van der Waals surface area contributed by atoms with E-state index in [1.54, 1.807) is 0 Å². The fourth-order valence-electron chi connectivity index (χ4n) is 1.91. The van der Waals surface area contributed by atoms with Gasteiger partial charge in [-0.15, -0.1) is 0 Å². The summed E-state index contributed by atoms with van der Waals surface area (Å²) in [6.45, 7) is 7.49. The lowest BCUT2D eigenvalue weighted by atomic mass is 10.3. The maximum atomic E-state index is 11.4. The standard InChI is InChI=1S/C12H26N4O2S/c1-4-13-12(14-7-8-16(3)5-2)15-11-6-9-19(17,18)10-11/h11H,4-10H2,1-3H3,(H2,13,14,15). The Hall–Kier alpha value is -0.820. The molecule has 19 heavy (non-hydrogen) atoms. The number of hydrogen-bond donors (Lipinski definition) is 2. The van der Waals surface area contributed by atoms with E-state index in [9.17, 15) is 8.42 Å². The fourth-order valence-corrected chi connectivity index (χ4v) is 3.59. The molecule has 1 rings (SSSR count). The van der Waals surface area contributed by atoms with Gasteiger partial charge in [0, 0.05) is 19.1 Å². The zero-order chi connectivity index (χ0) is 14.3. The first-order valence-electron chi connectivity index (χ1n) is 6.90. The van der Waals surface area contributed by atoms with Crippen LogP contribution in [0.15, 0.2) is 4.99 Å². The van der Waals surface area contributed by atoms with Crippen LogP contribution in [-0.4, -0.2) is 70.1 Å². The molecule has 1 aliphatic rings. The summed E-state index contributed by atoms with van der Waals surface area (Å²) in [5, 5.41) is 6.36. The van der Waals surface area contributed by atoms with E-state index in [1.807, 2.05) is 6.92 Å². The van der Waals surface area contributed by atoms with Crippen LogP contribution in [0.25, 0.3) is 0 Å². The van der Waals surface area contributed by atoms with Crippen molar-refractivity contribution in [3.05, 3.63) is 0 Å². The van der Waals surface area contributed by atoms with Gasteiger partial charge in [-0.3, -0.25) is 4.99 Å². The quantitative estimate of drug-likeness (QED) is 0.518. The molecule has 1 fully saturated rings. The van der Waals surface area contributed by atoms with Crippen LogP contribution in [0.4, 0.5) is 0 Å². The molecule has 0 radical (unpaired) electrons. The lowest BCUT2D eigenvalue weighted by Crippen LogP contribution is -2.44. The van der Waals surface area contributed by atoms with Crippen molar-refractivity contribution in [2.24, 2.45) is 4.99 Å². The van der Waals surface area contributed by atoms with Crippen LogP contribution in [0.2, 0.25) is 0 Å². The fraction of sp³-hybridized carbons (Fsp3) is 0.917. The molecule has 0 spiro atoms. The highest BCUT2D eigenvalue weighted by atomic mass is 32.2. The van der Waals surface area contributed by atoms with E-state index >= 15 is 0 Å². The summed E-state index contributed by atoms with van der Waals surface area (Å²) >= 11 is 0. The summed E-state index contributed by atoms with van der Waals surface area (Å²) in [5.74, 6) is 1.21. The summed E-state index contributed by atoms with van der Waals surface area (Å²) in [7, 11) is -0.792. The van der Waals surface area contributed by atoms with Crippen molar-refractivity contribution in [3.63, 3.8) is 0 Å². The second-order valence-electron chi connectivity index (χ2n) is 4.90. The van der Waals surface area contributed by atoms with Crippen LogP contribution in [0.5, 0.6) is 0 Å². The zero-order valence-electron chi connectivity index (χ0n) is 12.1. The van der Waals surface area contributed by atoms with Gasteiger partial charge in [0.15, 0.2) is 15.8 Å². The first-order valence-corrected chi connectivity index (χ1v) is 8.72. The molecule has 1 saturated heterocycles. The van der Waals surface area contributed by atoms with Crippen molar-refractivity contribution in [1.29, 1.82) is 0 Å². The van der Waals surface area contributed by atoms with Gasteiger partial charge in [-0.25, -0.2) is 8.42 Å². The molecular weight excluding hydrogens is 264 g/mol. The Labute approximate surface area is 116 Å². The average molecular weight is 290 g/mol. The number of rotatable bonds is 6. The molecule has 2 N–H and O–H groups in total. The molecule has 1 heterocycles. The average Bonchev–Trinajstić information content (AvgIpc) is 2.68. The van der Waals surface area contributed by atoms with E-state index in [0.29, 0.717) is 18.9 Å². The SMILES string of the molecule is CCNC(=NCCN(C)CC)NC1CCS(=O)(=O)C1. The molecule has 0 bridgehead atoms. The summed E-state index contributed by atoms with van der Waals surface area (Å²) in [6.07, 6.45) is 0.668. The zero-order valence-corrected chi connectivity index (χ0v) is 13.0. The predicted molar refractivity (Wildman–Crippen MR) is 79.3 cm³/mol. The number of likely N-dealkylation sites (N-methyl/N-ethyl adjacent to an activating group) is 1. The number of guanidine groups is 1. The van der Waals surface area contributed by atoms with Gasteiger partial charge in [0.1, 0.15) is 0 Å². The van der Waals surface area contributed by atoms with Gasteiger partial charge in [-0.2, -0.15) is 0 Å². The second kappa shape index (κ2) is 7.69. The van der Waals surface area contributed by atoms with Crippen LogP contribution in [0.3, 0.4) is 0 Å². The van der Waals surface area contributed by atoms with Crippen molar-refractivity contribution >= 4 is 15.8 Å². The van der Waals surface area contributed by atoms with Crippen molar-refractivity contribution in [2.45, 2.75) is 26.3 Å². The van der Waals surface area contributed by atoms with Gasteiger partial charge in [0.05, 0.1) is 18.1 Å². The Bertz CT molecular complexity index is 395. The molecule has 112 valence electrons. The summed E-state index contributed by atoms with van der Waals surface area (Å²) < 4.78 is 22.8. The third-order valence-electron chi connectivity index (χ3n) is 3.21. The number of hydrogen-bond acceptors (Lipinski definition) is 4. The van der Waals surface area contributed by atoms with Crippen LogP contribution in [-0.2, 0) is 9.84 Å². The third-order valence-corrected chi connectivity index (χ3v) is 4.98. The van der Waals surface area contributed by atoms with E-state index in [4.69, 9.17) is 0 Å². The second-order valence-corrected chi connectivity index (χ2v) is 7.13. The molecule has 1 unspecified atom stereocenters. The van der Waals surface area contributed by atoms with Crippen LogP contribution >= 0.6 is 0 Å². The van der Waals surface area contributed by atoms with Crippen molar-refractivity contribution in [3.8, 4) is 0 Å². The molecule has 7 heteroatoms. The van der Waals surface area contributed by atoms with E-state index in [-0.39, 0.29) is 17.5 Å². The van der Waals surface area contributed by atoms with E-state index < -0.39 is 9.84 Å². The Balaban J connectivity index is 2.46. The Kier molecular flexibility index (Phi) is 6.57. The highest BCUT2D eigenvalue weighted by Gasteiger charge is 2.28. The molecule has 0 saturated carbocycles. The minimum absolute atomic E-state index is 0.00768. The summed E-state index contributed by atoms with van der Waals surface area (Å²) in [5.41, 5.74) is 0. The maximum absolute atomic E-state index is 11.4. The monoisotopic (exact) mass is 290 g/mol. The molecule has 0 aromatic rings. The van der Waals surface area contributed by atoms with Crippen molar-refractivity contribution < 1.29 is 8.42 Å². The van der Waals surface area contributed by atoms with Gasteiger partial charge in [0.2, 0.25) is 0 Å². The van der Waals surface area contributed by atoms with Gasteiger partial charge < -0.3 is 15.5 Å². The van der Waals surface area contributed by atoms with E-state index in [0.717, 1.165) is 19.6 Å². The van der Waals surface area contributed by atoms with Gasteiger partial charge in [-0.05, 0) is 26.9 Å². The van der Waals surface area contributed by atoms with Crippen molar-refractivity contribution in [1.82, 2.24) is 15.5 Å². The summed E-state index contributed by atoms with van der Waals surface area (Å²) in [4.78, 5) is 6.66. The highest BCUT2D eigenvalue weighted by Crippen LogP contribution is 2.10. The lowest BCUT2D eigenvalue weighted by molar-refractivity contribution is 0.363. The highest BCUT2D eigenvalue weighted by molar-refractivity contribution is 7.91. The molecule has 0 aromatic heterocycles. The Morgan fingerprint density at radius 2 is 2.16 bits per heavy atom. The smallest absolute Gasteiger partial charge is 0.191 e. The number of nitrogens with one attached hydrogen (secondary N) is 2. The van der Waals surface area contributed by atoms with Crippen LogP contribution in [0, 0.1) is 0 Å². The van der Waals surface area contributed by atoms with Gasteiger partial charge in [0.25, 0.3) is 0 Å². The first kappa shape index (κ1) is 16.2. The number of aliphatic imine (C=N–C) groups is 1. The third kappa shape index (κ3) is 6.24. The molecule has 1 aliphatic heterocycles. The normalized spacial score (nSPS) is 22.7. The molecular formula is C12H26N4O2S. The minimum atomic E-state index is -2.85. The Morgan fingerprint density at radius 3 is 2.68 bits per heavy atom. The topological polar surface area (TPSA) is 73.8 Å². The van der Waals surface area contributed by atoms with E-state index in [1.165, 1.54) is 0 Å². The molecule has 0 aromatic carbocycles. The first-order chi connectivity index (χ1) is 8.96. The molecule has 1 atom stereocenters. The van der Waals surface area contributed by atoms with Gasteiger partial charge >= 0.3 is 0 Å². The van der Waals surface area contributed by atoms with Crippen LogP contribution in [0.1, 0.15) is 20.3 Å². The largest absolute Gasteiger partial charge is 0.357 e. The number of nitrogens with zero attached hydrogens (tertiary/aromatic N) is 2. The Morgan fingerprint density at radius 1 is 1.42 bits per heavy atom. The minimum Gasteiger partial charge on any atom is -0.357 e. The molecule has 0 aliphatic carbocycles. The number of sulfone groups is 1. The van der Waals surface area contributed by atoms with Crippen molar-refractivity contribution in [2.75, 3.05) is 44.7 Å².